The predicted molar refractivity (Wildman–Crippen MR) is 76.1 cm³/mol. The number of ether oxygens (including phenoxy) is 1. The van der Waals surface area contributed by atoms with Crippen molar-refractivity contribution in [1.82, 2.24) is 20.6 Å². The van der Waals surface area contributed by atoms with Crippen LogP contribution < -0.4 is 10.6 Å². The maximum atomic E-state index is 11.5. The van der Waals surface area contributed by atoms with Crippen LogP contribution in [0, 0.1) is 0 Å². The lowest BCUT2D eigenvalue weighted by Gasteiger charge is -2.06. The van der Waals surface area contributed by atoms with Crippen molar-refractivity contribution >= 4 is 16.9 Å². The Hall–Kier alpha value is -2.05. The van der Waals surface area contributed by atoms with Crippen LogP contribution in [0.4, 0.5) is 0 Å². The van der Waals surface area contributed by atoms with E-state index in [-0.39, 0.29) is 12.5 Å². The zero-order valence-electron chi connectivity index (χ0n) is 11.4. The summed E-state index contributed by atoms with van der Waals surface area (Å²) in [5, 5.41) is 5.77. The number of benzene rings is 1. The summed E-state index contributed by atoms with van der Waals surface area (Å²) >= 11 is 0. The number of fused-ring (bicyclic) bond motifs is 1. The van der Waals surface area contributed by atoms with E-state index >= 15 is 0 Å². The van der Waals surface area contributed by atoms with Crippen LogP contribution in [0.5, 0.6) is 0 Å². The first-order valence-corrected chi connectivity index (χ1v) is 6.46. The Labute approximate surface area is 117 Å². The van der Waals surface area contributed by atoms with E-state index in [1.54, 1.807) is 13.3 Å². The van der Waals surface area contributed by atoms with E-state index in [2.05, 4.69) is 20.6 Å². The molecule has 6 heteroatoms. The molecule has 2 aromatic rings. The normalized spacial score (nSPS) is 10.7. The van der Waals surface area contributed by atoms with Gasteiger partial charge in [0, 0.05) is 20.2 Å². The van der Waals surface area contributed by atoms with Crippen LogP contribution in [-0.2, 0) is 16.1 Å². The van der Waals surface area contributed by atoms with Crippen molar-refractivity contribution in [3.63, 3.8) is 0 Å². The van der Waals surface area contributed by atoms with E-state index in [0.717, 1.165) is 16.7 Å². The van der Waals surface area contributed by atoms with Crippen molar-refractivity contribution in [1.29, 1.82) is 0 Å². The van der Waals surface area contributed by atoms with Gasteiger partial charge in [-0.2, -0.15) is 0 Å². The monoisotopic (exact) mass is 274 g/mol. The Balaban J connectivity index is 1.79. The van der Waals surface area contributed by atoms with Gasteiger partial charge in [-0.25, -0.2) is 4.98 Å². The SMILES string of the molecule is COCCNC(=O)CNCc1cnc2ccccc2n1. The molecule has 0 atom stereocenters. The topological polar surface area (TPSA) is 76.1 Å². The molecule has 0 saturated heterocycles. The lowest BCUT2D eigenvalue weighted by atomic mass is 10.3. The van der Waals surface area contributed by atoms with Gasteiger partial charge >= 0.3 is 0 Å². The Bertz CT molecular complexity index is 574. The summed E-state index contributed by atoms with van der Waals surface area (Å²) in [7, 11) is 1.60. The first-order valence-electron chi connectivity index (χ1n) is 6.46. The summed E-state index contributed by atoms with van der Waals surface area (Å²) < 4.78 is 4.85. The number of aromatic nitrogens is 2. The van der Waals surface area contributed by atoms with Gasteiger partial charge in [0.25, 0.3) is 0 Å². The molecule has 0 radical (unpaired) electrons. The van der Waals surface area contributed by atoms with Crippen LogP contribution in [-0.4, -0.2) is 42.7 Å². The number of para-hydroxylation sites is 2. The molecule has 2 rings (SSSR count). The standard InChI is InChI=1S/C14H18N4O2/c1-20-7-6-16-14(19)10-15-8-11-9-17-12-4-2-3-5-13(12)18-11/h2-5,9,15H,6-8,10H2,1H3,(H,16,19). The van der Waals surface area contributed by atoms with Gasteiger partial charge in [-0.05, 0) is 12.1 Å². The molecule has 106 valence electrons. The number of amides is 1. The molecule has 20 heavy (non-hydrogen) atoms. The van der Waals surface area contributed by atoms with E-state index in [1.165, 1.54) is 0 Å². The highest BCUT2D eigenvalue weighted by molar-refractivity contribution is 5.78. The summed E-state index contributed by atoms with van der Waals surface area (Å²) in [6.07, 6.45) is 1.72. The molecule has 0 aliphatic heterocycles. The van der Waals surface area contributed by atoms with Gasteiger partial charge in [0.05, 0.1) is 36.1 Å². The molecule has 1 heterocycles. The number of hydrogen-bond acceptors (Lipinski definition) is 5. The fraction of sp³-hybridized carbons (Fsp3) is 0.357. The fourth-order valence-corrected chi connectivity index (χ4v) is 1.74. The van der Waals surface area contributed by atoms with Crippen LogP contribution in [0.15, 0.2) is 30.5 Å². The Kier molecular flexibility index (Phi) is 5.40. The van der Waals surface area contributed by atoms with Crippen LogP contribution in [0.3, 0.4) is 0 Å². The average Bonchev–Trinajstić information content (AvgIpc) is 2.47. The largest absolute Gasteiger partial charge is 0.383 e. The smallest absolute Gasteiger partial charge is 0.234 e. The number of nitrogens with one attached hydrogen (secondary N) is 2. The number of nitrogens with zero attached hydrogens (tertiary/aromatic N) is 2. The number of carbonyl (C=O) groups excluding carboxylic acids is 1. The Morgan fingerprint density at radius 2 is 2.10 bits per heavy atom. The van der Waals surface area contributed by atoms with E-state index in [0.29, 0.717) is 19.7 Å². The van der Waals surface area contributed by atoms with Gasteiger partial charge in [0.15, 0.2) is 0 Å². The van der Waals surface area contributed by atoms with Gasteiger partial charge in [-0.3, -0.25) is 9.78 Å². The summed E-state index contributed by atoms with van der Waals surface area (Å²) in [6.45, 7) is 1.79. The molecule has 1 aromatic heterocycles. The molecule has 0 fully saturated rings. The van der Waals surface area contributed by atoms with Gasteiger partial charge in [-0.1, -0.05) is 12.1 Å². The molecule has 1 amide bonds. The second-order valence-corrected chi connectivity index (χ2v) is 4.30. The zero-order chi connectivity index (χ0) is 14.2. The maximum absolute atomic E-state index is 11.5. The van der Waals surface area contributed by atoms with Gasteiger partial charge < -0.3 is 15.4 Å². The van der Waals surface area contributed by atoms with Crippen molar-refractivity contribution in [2.45, 2.75) is 6.54 Å². The summed E-state index contributed by atoms with van der Waals surface area (Å²) in [6, 6.07) is 7.70. The number of hydrogen-bond donors (Lipinski definition) is 2. The lowest BCUT2D eigenvalue weighted by Crippen LogP contribution is -2.35. The van der Waals surface area contributed by atoms with E-state index in [1.807, 2.05) is 24.3 Å². The maximum Gasteiger partial charge on any atom is 0.234 e. The minimum Gasteiger partial charge on any atom is -0.383 e. The molecule has 0 unspecified atom stereocenters. The van der Waals surface area contributed by atoms with Gasteiger partial charge in [-0.15, -0.1) is 0 Å². The minimum atomic E-state index is -0.0594. The van der Waals surface area contributed by atoms with Crippen molar-refractivity contribution in [2.24, 2.45) is 0 Å². The second kappa shape index (κ2) is 7.52. The lowest BCUT2D eigenvalue weighted by molar-refractivity contribution is -0.120. The van der Waals surface area contributed by atoms with Gasteiger partial charge in [0.2, 0.25) is 5.91 Å². The quantitative estimate of drug-likeness (QED) is 0.718. The van der Waals surface area contributed by atoms with Crippen LogP contribution in [0.2, 0.25) is 0 Å². The Morgan fingerprint density at radius 1 is 1.30 bits per heavy atom. The van der Waals surface area contributed by atoms with E-state index in [4.69, 9.17) is 4.74 Å². The summed E-state index contributed by atoms with van der Waals surface area (Å²) in [4.78, 5) is 20.2. The van der Waals surface area contributed by atoms with Crippen LogP contribution >= 0.6 is 0 Å². The van der Waals surface area contributed by atoms with Crippen LogP contribution in [0.25, 0.3) is 11.0 Å². The molecular weight excluding hydrogens is 256 g/mol. The highest BCUT2D eigenvalue weighted by atomic mass is 16.5. The second-order valence-electron chi connectivity index (χ2n) is 4.30. The third-order valence-electron chi connectivity index (χ3n) is 2.72. The summed E-state index contributed by atoms with van der Waals surface area (Å²) in [5.41, 5.74) is 2.54. The molecule has 1 aromatic carbocycles. The molecule has 0 aliphatic carbocycles. The molecular formula is C14H18N4O2. The molecule has 0 bridgehead atoms. The molecule has 0 aliphatic rings. The summed E-state index contributed by atoms with van der Waals surface area (Å²) in [5.74, 6) is -0.0594. The van der Waals surface area contributed by atoms with E-state index < -0.39 is 0 Å². The van der Waals surface area contributed by atoms with Crippen LogP contribution in [0.1, 0.15) is 5.69 Å². The number of rotatable bonds is 7. The third-order valence-corrected chi connectivity index (χ3v) is 2.72. The van der Waals surface area contributed by atoms with E-state index in [9.17, 15) is 4.79 Å². The molecule has 0 saturated carbocycles. The number of methoxy groups -OCH3 is 1. The molecule has 2 N–H and O–H groups in total. The zero-order valence-corrected chi connectivity index (χ0v) is 11.4. The highest BCUT2D eigenvalue weighted by Crippen LogP contribution is 2.07. The van der Waals surface area contributed by atoms with Crippen molar-refractivity contribution in [2.75, 3.05) is 26.8 Å². The molecule has 6 nitrogen and oxygen atoms in total. The average molecular weight is 274 g/mol. The fourth-order valence-electron chi connectivity index (χ4n) is 1.74. The first kappa shape index (κ1) is 14.4. The first-order chi connectivity index (χ1) is 9.79. The molecule has 0 spiro atoms. The third kappa shape index (κ3) is 4.25. The van der Waals surface area contributed by atoms with Gasteiger partial charge in [0.1, 0.15) is 0 Å². The number of carbonyl (C=O) groups is 1. The van der Waals surface area contributed by atoms with Crippen molar-refractivity contribution in [3.05, 3.63) is 36.2 Å². The van der Waals surface area contributed by atoms with Crippen molar-refractivity contribution < 1.29 is 9.53 Å². The minimum absolute atomic E-state index is 0.0594. The van der Waals surface area contributed by atoms with Crippen molar-refractivity contribution in [3.8, 4) is 0 Å². The predicted octanol–water partition coefficient (Wildman–Crippen LogP) is 0.482. The highest BCUT2D eigenvalue weighted by Gasteiger charge is 2.02. The Morgan fingerprint density at radius 3 is 2.90 bits per heavy atom.